The topological polar surface area (TPSA) is 60.9 Å². The van der Waals surface area contributed by atoms with E-state index in [2.05, 4.69) is 36.9 Å². The summed E-state index contributed by atoms with van der Waals surface area (Å²) in [6.07, 6.45) is 5.52. The van der Waals surface area contributed by atoms with E-state index in [1.54, 1.807) is 12.1 Å². The van der Waals surface area contributed by atoms with Crippen molar-refractivity contribution in [3.63, 3.8) is 0 Å². The lowest BCUT2D eigenvalue weighted by molar-refractivity contribution is -0.121. The van der Waals surface area contributed by atoms with Crippen LogP contribution in [0.2, 0.25) is 0 Å². The first-order chi connectivity index (χ1) is 15.8. The van der Waals surface area contributed by atoms with Gasteiger partial charge in [0.25, 0.3) is 0 Å². The summed E-state index contributed by atoms with van der Waals surface area (Å²) in [5.41, 5.74) is 5.84. The van der Waals surface area contributed by atoms with Crippen LogP contribution in [0.15, 0.2) is 36.4 Å². The van der Waals surface area contributed by atoms with Gasteiger partial charge in [-0.3, -0.25) is 9.69 Å². The van der Waals surface area contributed by atoms with E-state index < -0.39 is 5.97 Å². The molecule has 1 N–H and O–H groups in total. The van der Waals surface area contributed by atoms with Crippen molar-refractivity contribution in [2.75, 3.05) is 18.0 Å². The van der Waals surface area contributed by atoms with Gasteiger partial charge in [0.05, 0.1) is 5.56 Å². The molecule has 0 saturated heterocycles. The van der Waals surface area contributed by atoms with Gasteiger partial charge in [0, 0.05) is 31.2 Å². The highest BCUT2D eigenvalue weighted by Gasteiger charge is 2.23. The van der Waals surface area contributed by atoms with Crippen LogP contribution in [0.1, 0.15) is 78.6 Å². The number of benzene rings is 2. The molecule has 0 saturated carbocycles. The van der Waals surface area contributed by atoms with E-state index in [1.165, 1.54) is 29.5 Å². The monoisotopic (exact) mass is 450 g/mol. The molecule has 0 unspecified atom stereocenters. The molecule has 0 bridgehead atoms. The number of aromatic carboxylic acids is 1. The summed E-state index contributed by atoms with van der Waals surface area (Å²) in [7, 11) is 0. The Hall–Kier alpha value is -2.66. The van der Waals surface area contributed by atoms with Crippen molar-refractivity contribution >= 4 is 17.6 Å². The fourth-order valence-corrected chi connectivity index (χ4v) is 4.57. The fraction of sp³-hybridized carbons (Fsp3) is 0.500. The van der Waals surface area contributed by atoms with Gasteiger partial charge in [-0.1, -0.05) is 56.9 Å². The van der Waals surface area contributed by atoms with Crippen LogP contribution in [-0.2, 0) is 17.9 Å². The third kappa shape index (κ3) is 6.67. The first-order valence-corrected chi connectivity index (χ1v) is 12.2. The van der Waals surface area contributed by atoms with Crippen LogP contribution in [0.3, 0.4) is 0 Å². The fourth-order valence-electron chi connectivity index (χ4n) is 4.57. The van der Waals surface area contributed by atoms with Crippen molar-refractivity contribution in [1.82, 2.24) is 4.90 Å². The van der Waals surface area contributed by atoms with Gasteiger partial charge >= 0.3 is 5.97 Å². The number of amides is 1. The lowest BCUT2D eigenvalue weighted by atomic mass is 10.0. The quantitative estimate of drug-likeness (QED) is 0.625. The SMILES string of the molecule is Cc1ccc(C)c(CN2CCCCCCCN(C(=O)C(C)C)c3ccc(C(=O)O)cc3C2)c1. The number of hydrogen-bond acceptors (Lipinski definition) is 3. The summed E-state index contributed by atoms with van der Waals surface area (Å²) in [5.74, 6) is -0.958. The van der Waals surface area contributed by atoms with E-state index in [4.69, 9.17) is 0 Å². The number of anilines is 1. The van der Waals surface area contributed by atoms with Crippen LogP contribution in [0.4, 0.5) is 5.69 Å². The number of nitrogens with zero attached hydrogens (tertiary/aromatic N) is 2. The molecule has 0 radical (unpaired) electrons. The predicted molar refractivity (Wildman–Crippen MR) is 134 cm³/mol. The smallest absolute Gasteiger partial charge is 0.335 e. The Morgan fingerprint density at radius 3 is 2.33 bits per heavy atom. The number of hydrogen-bond donors (Lipinski definition) is 1. The summed E-state index contributed by atoms with van der Waals surface area (Å²) < 4.78 is 0. The van der Waals surface area contributed by atoms with Gasteiger partial charge in [-0.25, -0.2) is 4.79 Å². The molecule has 3 rings (SSSR count). The molecule has 1 aliphatic heterocycles. The molecule has 2 aromatic carbocycles. The minimum atomic E-state index is -0.938. The first-order valence-electron chi connectivity index (χ1n) is 12.2. The molecule has 1 aliphatic rings. The van der Waals surface area contributed by atoms with Crippen LogP contribution >= 0.6 is 0 Å². The van der Waals surface area contributed by atoms with E-state index >= 15 is 0 Å². The minimum Gasteiger partial charge on any atom is -0.478 e. The second kappa shape index (κ2) is 11.5. The van der Waals surface area contributed by atoms with Gasteiger partial charge < -0.3 is 10.0 Å². The van der Waals surface area contributed by atoms with Gasteiger partial charge in [-0.15, -0.1) is 0 Å². The van der Waals surface area contributed by atoms with Crippen molar-refractivity contribution in [3.8, 4) is 0 Å². The van der Waals surface area contributed by atoms with Crippen LogP contribution in [0, 0.1) is 19.8 Å². The Bertz CT molecular complexity index is 983. The van der Waals surface area contributed by atoms with E-state index in [0.29, 0.717) is 13.1 Å². The Labute approximate surface area is 198 Å². The molecule has 5 nitrogen and oxygen atoms in total. The minimum absolute atomic E-state index is 0.0949. The van der Waals surface area contributed by atoms with E-state index in [1.807, 2.05) is 24.8 Å². The Morgan fingerprint density at radius 1 is 0.939 bits per heavy atom. The highest BCUT2D eigenvalue weighted by molar-refractivity contribution is 5.96. The van der Waals surface area contributed by atoms with Gasteiger partial charge in [0.2, 0.25) is 5.91 Å². The second-order valence-electron chi connectivity index (χ2n) is 9.70. The average Bonchev–Trinajstić information content (AvgIpc) is 2.76. The number of fused-ring (bicyclic) bond motifs is 1. The second-order valence-corrected chi connectivity index (χ2v) is 9.70. The third-order valence-corrected chi connectivity index (χ3v) is 6.53. The summed E-state index contributed by atoms with van der Waals surface area (Å²) in [5, 5.41) is 9.63. The lowest BCUT2D eigenvalue weighted by Gasteiger charge is -2.31. The molecule has 178 valence electrons. The molecule has 33 heavy (non-hydrogen) atoms. The zero-order valence-electron chi connectivity index (χ0n) is 20.6. The Kier molecular flexibility index (Phi) is 8.67. The van der Waals surface area contributed by atoms with E-state index in [9.17, 15) is 14.7 Å². The molecule has 0 atom stereocenters. The lowest BCUT2D eigenvalue weighted by Crippen LogP contribution is -2.37. The normalized spacial score (nSPS) is 16.1. The summed E-state index contributed by atoms with van der Waals surface area (Å²) >= 11 is 0. The maximum atomic E-state index is 13.1. The number of aryl methyl sites for hydroxylation is 2. The molecule has 1 heterocycles. The molecule has 0 spiro atoms. The zero-order chi connectivity index (χ0) is 24.0. The first kappa shape index (κ1) is 25.0. The highest BCUT2D eigenvalue weighted by Crippen LogP contribution is 2.28. The molecule has 0 fully saturated rings. The van der Waals surface area contributed by atoms with Gasteiger partial charge in [-0.05, 0) is 68.1 Å². The van der Waals surface area contributed by atoms with E-state index in [0.717, 1.165) is 43.6 Å². The zero-order valence-corrected chi connectivity index (χ0v) is 20.6. The molecule has 2 aromatic rings. The van der Waals surface area contributed by atoms with Crippen molar-refractivity contribution in [3.05, 3.63) is 64.2 Å². The van der Waals surface area contributed by atoms with Gasteiger partial charge in [-0.2, -0.15) is 0 Å². The third-order valence-electron chi connectivity index (χ3n) is 6.53. The summed E-state index contributed by atoms with van der Waals surface area (Å²) in [4.78, 5) is 29.2. The standard InChI is InChI=1S/C28H38N2O3/c1-20(2)27(31)30-15-9-7-5-6-8-14-29(18-24-16-21(3)10-11-22(24)4)19-25-17-23(28(32)33)12-13-26(25)30/h10-13,16-17,20H,5-9,14-15,18-19H2,1-4H3,(H,32,33). The Balaban J connectivity index is 2.03. The maximum Gasteiger partial charge on any atom is 0.335 e. The Morgan fingerprint density at radius 2 is 1.64 bits per heavy atom. The molecule has 1 amide bonds. The summed E-state index contributed by atoms with van der Waals surface area (Å²) in [6, 6.07) is 11.8. The number of carbonyl (C=O) groups is 2. The maximum absolute atomic E-state index is 13.1. The van der Waals surface area contributed by atoms with Crippen LogP contribution < -0.4 is 4.90 Å². The van der Waals surface area contributed by atoms with Crippen molar-refractivity contribution in [2.24, 2.45) is 5.92 Å². The highest BCUT2D eigenvalue weighted by atomic mass is 16.4. The number of rotatable bonds is 4. The van der Waals surface area contributed by atoms with Crippen LogP contribution in [0.25, 0.3) is 0 Å². The number of carboxylic acid groups (broad SMARTS) is 1. The average molecular weight is 451 g/mol. The van der Waals surface area contributed by atoms with Gasteiger partial charge in [0.1, 0.15) is 0 Å². The van der Waals surface area contributed by atoms with Crippen molar-refractivity contribution in [1.29, 1.82) is 0 Å². The summed E-state index contributed by atoms with van der Waals surface area (Å²) in [6.45, 7) is 11.2. The van der Waals surface area contributed by atoms with Crippen molar-refractivity contribution < 1.29 is 14.7 Å². The van der Waals surface area contributed by atoms with Crippen LogP contribution in [-0.4, -0.2) is 35.0 Å². The molecule has 0 aromatic heterocycles. The molecule has 5 heteroatoms. The van der Waals surface area contributed by atoms with E-state index in [-0.39, 0.29) is 17.4 Å². The molecule has 0 aliphatic carbocycles. The van der Waals surface area contributed by atoms with Crippen molar-refractivity contribution in [2.45, 2.75) is 72.9 Å². The molecular formula is C28H38N2O3. The molecular weight excluding hydrogens is 412 g/mol. The predicted octanol–water partition coefficient (Wildman–Crippen LogP) is 5.96. The van der Waals surface area contributed by atoms with Gasteiger partial charge in [0.15, 0.2) is 0 Å². The largest absolute Gasteiger partial charge is 0.478 e. The number of carboxylic acids is 1. The van der Waals surface area contributed by atoms with Crippen LogP contribution in [0.5, 0.6) is 0 Å². The number of carbonyl (C=O) groups excluding carboxylic acids is 1.